The molecule has 132 valence electrons. The van der Waals surface area contributed by atoms with E-state index in [2.05, 4.69) is 20.4 Å². The molecule has 2 rings (SSSR count). The number of amides is 2. The molecule has 2 amide bonds. The van der Waals surface area contributed by atoms with Crippen LogP contribution in [0.4, 0.5) is 24.7 Å². The average molecular weight is 353 g/mol. The van der Waals surface area contributed by atoms with Crippen LogP contribution in [0.1, 0.15) is 12.5 Å². The van der Waals surface area contributed by atoms with Crippen molar-refractivity contribution in [3.05, 3.63) is 48.2 Å². The molecule has 1 heterocycles. The number of hydrogen-bond acceptors (Lipinski definition) is 4. The summed E-state index contributed by atoms with van der Waals surface area (Å²) in [6, 6.07) is 8.31. The van der Waals surface area contributed by atoms with Gasteiger partial charge in [-0.1, -0.05) is 18.2 Å². The molecular formula is C16H14F3N3O3. The number of alkyl halides is 3. The van der Waals surface area contributed by atoms with Crippen molar-refractivity contribution in [3.8, 4) is 5.75 Å². The van der Waals surface area contributed by atoms with Crippen molar-refractivity contribution in [1.82, 2.24) is 4.98 Å². The van der Waals surface area contributed by atoms with Gasteiger partial charge in [0, 0.05) is 30.4 Å². The molecule has 0 fully saturated rings. The summed E-state index contributed by atoms with van der Waals surface area (Å²) in [5, 5.41) is 4.98. The summed E-state index contributed by atoms with van der Waals surface area (Å²) in [4.78, 5) is 27.0. The molecule has 1 aromatic heterocycles. The zero-order valence-corrected chi connectivity index (χ0v) is 13.1. The summed E-state index contributed by atoms with van der Waals surface area (Å²) >= 11 is 0. The maximum atomic E-state index is 12.4. The highest BCUT2D eigenvalue weighted by molar-refractivity contribution is 5.94. The Labute approximate surface area is 141 Å². The van der Waals surface area contributed by atoms with Gasteiger partial charge in [0.1, 0.15) is 11.6 Å². The number of nitrogens with one attached hydrogen (secondary N) is 2. The number of carbonyl (C=O) groups excluding carboxylic acids is 2. The van der Waals surface area contributed by atoms with Gasteiger partial charge in [-0.25, -0.2) is 4.98 Å². The summed E-state index contributed by atoms with van der Waals surface area (Å²) in [5.74, 6) is -1.06. The van der Waals surface area contributed by atoms with E-state index in [0.29, 0.717) is 5.69 Å². The first-order valence-electron chi connectivity index (χ1n) is 7.10. The molecule has 1 aromatic carbocycles. The van der Waals surface area contributed by atoms with Crippen molar-refractivity contribution in [2.45, 2.75) is 19.7 Å². The number of para-hydroxylation sites is 1. The number of halogens is 3. The van der Waals surface area contributed by atoms with Crippen LogP contribution in [0.15, 0.2) is 42.6 Å². The van der Waals surface area contributed by atoms with Crippen LogP contribution in [-0.4, -0.2) is 23.2 Å². The van der Waals surface area contributed by atoms with Crippen LogP contribution in [0.3, 0.4) is 0 Å². The Balaban J connectivity index is 2.07. The van der Waals surface area contributed by atoms with E-state index in [4.69, 9.17) is 0 Å². The van der Waals surface area contributed by atoms with Crippen LogP contribution >= 0.6 is 0 Å². The van der Waals surface area contributed by atoms with Crippen LogP contribution < -0.4 is 15.4 Å². The van der Waals surface area contributed by atoms with Crippen molar-refractivity contribution in [2.75, 3.05) is 10.6 Å². The molecule has 0 aliphatic heterocycles. The van der Waals surface area contributed by atoms with Gasteiger partial charge in [-0.05, 0) is 12.1 Å². The molecule has 2 aromatic rings. The number of aromatic nitrogens is 1. The van der Waals surface area contributed by atoms with E-state index >= 15 is 0 Å². The van der Waals surface area contributed by atoms with Crippen LogP contribution in [0.5, 0.6) is 5.75 Å². The van der Waals surface area contributed by atoms with Gasteiger partial charge < -0.3 is 15.4 Å². The predicted octanol–water partition coefficient (Wildman–Crippen LogP) is 3.12. The van der Waals surface area contributed by atoms with Crippen LogP contribution in [0.25, 0.3) is 0 Å². The van der Waals surface area contributed by atoms with Gasteiger partial charge in [0.15, 0.2) is 0 Å². The molecule has 0 atom stereocenters. The Morgan fingerprint density at radius 2 is 1.88 bits per heavy atom. The molecule has 0 saturated heterocycles. The van der Waals surface area contributed by atoms with Crippen molar-refractivity contribution in [2.24, 2.45) is 0 Å². The molecule has 0 spiro atoms. The second-order valence-corrected chi connectivity index (χ2v) is 4.99. The van der Waals surface area contributed by atoms with Crippen molar-refractivity contribution in [3.63, 3.8) is 0 Å². The van der Waals surface area contributed by atoms with Crippen molar-refractivity contribution in [1.29, 1.82) is 0 Å². The van der Waals surface area contributed by atoms with E-state index in [1.807, 2.05) is 0 Å². The molecule has 0 aliphatic carbocycles. The fourth-order valence-corrected chi connectivity index (χ4v) is 2.01. The number of pyridine rings is 1. The number of rotatable bonds is 5. The lowest BCUT2D eigenvalue weighted by Crippen LogP contribution is -2.20. The molecule has 2 N–H and O–H groups in total. The fourth-order valence-electron chi connectivity index (χ4n) is 2.01. The average Bonchev–Trinajstić information content (AvgIpc) is 2.47. The molecule has 0 bridgehead atoms. The lowest BCUT2D eigenvalue weighted by molar-refractivity contribution is -0.274. The third-order valence-corrected chi connectivity index (χ3v) is 2.90. The lowest BCUT2D eigenvalue weighted by atomic mass is 10.1. The first-order chi connectivity index (χ1) is 11.7. The van der Waals surface area contributed by atoms with Crippen LogP contribution in [0.2, 0.25) is 0 Å². The first-order valence-corrected chi connectivity index (χ1v) is 7.10. The van der Waals surface area contributed by atoms with Crippen LogP contribution in [-0.2, 0) is 16.0 Å². The van der Waals surface area contributed by atoms with E-state index in [1.165, 1.54) is 43.5 Å². The third-order valence-electron chi connectivity index (χ3n) is 2.90. The van der Waals surface area contributed by atoms with Gasteiger partial charge in [-0.3, -0.25) is 9.59 Å². The number of anilines is 2. The maximum absolute atomic E-state index is 12.4. The predicted molar refractivity (Wildman–Crippen MR) is 84.0 cm³/mol. The lowest BCUT2D eigenvalue weighted by Gasteiger charge is -2.13. The van der Waals surface area contributed by atoms with Crippen molar-refractivity contribution < 1.29 is 27.5 Å². The van der Waals surface area contributed by atoms with E-state index < -0.39 is 18.0 Å². The van der Waals surface area contributed by atoms with Gasteiger partial charge >= 0.3 is 6.36 Å². The summed E-state index contributed by atoms with van der Waals surface area (Å²) < 4.78 is 41.1. The van der Waals surface area contributed by atoms with Gasteiger partial charge in [0.25, 0.3) is 0 Å². The minimum atomic E-state index is -4.84. The largest absolute Gasteiger partial charge is 0.573 e. The van der Waals surface area contributed by atoms with Crippen molar-refractivity contribution >= 4 is 23.3 Å². The van der Waals surface area contributed by atoms with Gasteiger partial charge in [0.2, 0.25) is 11.8 Å². The summed E-state index contributed by atoms with van der Waals surface area (Å²) in [5.41, 5.74) is 0.437. The van der Waals surface area contributed by atoms with E-state index in [1.54, 1.807) is 0 Å². The zero-order valence-electron chi connectivity index (χ0n) is 13.1. The number of benzene rings is 1. The van der Waals surface area contributed by atoms with Gasteiger partial charge in [0.05, 0.1) is 6.42 Å². The Hall–Kier alpha value is -3.10. The van der Waals surface area contributed by atoms with Crippen LogP contribution in [0, 0.1) is 0 Å². The minimum absolute atomic E-state index is 0.0912. The monoisotopic (exact) mass is 353 g/mol. The highest BCUT2D eigenvalue weighted by atomic mass is 19.4. The standard InChI is InChI=1S/C16H14F3N3O3/c1-10(23)21-14-9-12(6-7-20-14)22-15(24)8-11-4-2-3-5-13(11)25-16(17,18)19/h2-7,9H,8H2,1H3,(H2,20,21,22,23,24). The maximum Gasteiger partial charge on any atom is 0.573 e. The Bertz CT molecular complexity index is 778. The minimum Gasteiger partial charge on any atom is -0.405 e. The molecule has 0 unspecified atom stereocenters. The smallest absolute Gasteiger partial charge is 0.405 e. The summed E-state index contributed by atoms with van der Waals surface area (Å²) in [6.07, 6.45) is -3.78. The van der Waals surface area contributed by atoms with Gasteiger partial charge in [-0.2, -0.15) is 0 Å². The molecule has 0 radical (unpaired) electrons. The zero-order chi connectivity index (χ0) is 18.4. The normalized spacial score (nSPS) is 10.9. The fraction of sp³-hybridized carbons (Fsp3) is 0.188. The Kier molecular flexibility index (Phi) is 5.58. The first kappa shape index (κ1) is 18.2. The molecule has 0 saturated carbocycles. The molecule has 6 nitrogen and oxygen atoms in total. The van der Waals surface area contributed by atoms with E-state index in [-0.39, 0.29) is 23.7 Å². The number of hydrogen-bond donors (Lipinski definition) is 2. The third kappa shape index (κ3) is 6.13. The number of carbonyl (C=O) groups is 2. The highest BCUT2D eigenvalue weighted by Gasteiger charge is 2.32. The second kappa shape index (κ2) is 7.65. The van der Waals surface area contributed by atoms with Gasteiger partial charge in [-0.15, -0.1) is 13.2 Å². The second-order valence-electron chi connectivity index (χ2n) is 4.99. The number of ether oxygens (including phenoxy) is 1. The Morgan fingerprint density at radius 1 is 1.16 bits per heavy atom. The molecule has 9 heteroatoms. The molecule has 25 heavy (non-hydrogen) atoms. The number of nitrogens with zero attached hydrogens (tertiary/aromatic N) is 1. The Morgan fingerprint density at radius 3 is 2.56 bits per heavy atom. The molecular weight excluding hydrogens is 339 g/mol. The highest BCUT2D eigenvalue weighted by Crippen LogP contribution is 2.26. The van der Waals surface area contributed by atoms with E-state index in [9.17, 15) is 22.8 Å². The summed E-state index contributed by atoms with van der Waals surface area (Å²) in [7, 11) is 0. The summed E-state index contributed by atoms with van der Waals surface area (Å²) in [6.45, 7) is 1.31. The van der Waals surface area contributed by atoms with E-state index in [0.717, 1.165) is 6.07 Å². The SMILES string of the molecule is CC(=O)Nc1cc(NC(=O)Cc2ccccc2OC(F)(F)F)ccn1. The quantitative estimate of drug-likeness (QED) is 0.866. The topological polar surface area (TPSA) is 80.3 Å². The molecule has 0 aliphatic rings.